The molecule has 2 aliphatic heterocycles. The maximum Gasteiger partial charge on any atom is 0.309 e. The molecule has 0 radical (unpaired) electrons. The first kappa shape index (κ1) is 27.5. The quantitative estimate of drug-likeness (QED) is 0.488. The number of epoxide rings is 1. The van der Waals surface area contributed by atoms with E-state index in [2.05, 4.69) is 11.9 Å². The Kier molecular flexibility index (Phi) is 8.89. The predicted octanol–water partition coefficient (Wildman–Crippen LogP) is 4.11. The van der Waals surface area contributed by atoms with Crippen molar-refractivity contribution in [3.63, 3.8) is 0 Å². The zero-order valence-corrected chi connectivity index (χ0v) is 21.6. The van der Waals surface area contributed by atoms with Crippen molar-refractivity contribution in [2.24, 2.45) is 17.3 Å². The first-order valence-corrected chi connectivity index (χ1v) is 12.8. The van der Waals surface area contributed by atoms with Crippen LogP contribution in [0.1, 0.15) is 78.8 Å². The number of fused-ring (bicyclic) bond motifs is 1. The molecular formula is C28H41NO6. The highest BCUT2D eigenvalue weighted by Gasteiger charge is 2.52. The summed E-state index contributed by atoms with van der Waals surface area (Å²) >= 11 is 0. The summed E-state index contributed by atoms with van der Waals surface area (Å²) in [6.45, 7) is 9.18. The van der Waals surface area contributed by atoms with Gasteiger partial charge in [-0.2, -0.15) is 0 Å². The molecule has 1 aromatic heterocycles. The number of ketones is 1. The topological polar surface area (TPSA) is 109 Å². The lowest BCUT2D eigenvalue weighted by Gasteiger charge is -2.35. The fourth-order valence-electron chi connectivity index (χ4n) is 5.06. The second-order valence-electron chi connectivity index (χ2n) is 11.0. The number of pyridine rings is 1. The first-order chi connectivity index (χ1) is 16.5. The molecule has 35 heavy (non-hydrogen) atoms. The number of rotatable bonds is 3. The van der Waals surface area contributed by atoms with Crippen molar-refractivity contribution in [2.45, 2.75) is 103 Å². The molecular weight excluding hydrogens is 446 g/mol. The Morgan fingerprint density at radius 2 is 1.94 bits per heavy atom. The molecule has 0 unspecified atom stereocenters. The molecule has 2 saturated heterocycles. The van der Waals surface area contributed by atoms with E-state index < -0.39 is 35.6 Å². The summed E-state index contributed by atoms with van der Waals surface area (Å²) in [7, 11) is 0. The van der Waals surface area contributed by atoms with E-state index in [0.29, 0.717) is 12.8 Å². The molecule has 0 amide bonds. The van der Waals surface area contributed by atoms with Gasteiger partial charge in [0, 0.05) is 18.5 Å². The molecule has 194 valence electrons. The second-order valence-corrected chi connectivity index (χ2v) is 11.0. The maximum absolute atomic E-state index is 13.4. The summed E-state index contributed by atoms with van der Waals surface area (Å²) in [5.41, 5.74) is -0.748. The number of carbonyl (C=O) groups is 2. The van der Waals surface area contributed by atoms with Crippen LogP contribution < -0.4 is 0 Å². The van der Waals surface area contributed by atoms with Crippen LogP contribution in [-0.2, 0) is 19.1 Å². The molecule has 3 rings (SSSR count). The van der Waals surface area contributed by atoms with Crippen molar-refractivity contribution >= 4 is 17.8 Å². The summed E-state index contributed by atoms with van der Waals surface area (Å²) in [5, 5.41) is 21.9. The Morgan fingerprint density at radius 3 is 2.60 bits per heavy atom. The standard InChI is InChI=1S/C28H41NO6/c1-6-21-25(32)18(2)10-9-14-28(5)23(35-28)16-20(13-12-19-11-7-8-15-29-19)34-24(31)17-22(30)27(3,4)26(21)33/h7-8,11-13,15,18,20-23,25,30,32H,6,9-10,14,16-17H2,1-5H3/t18-,20+,21+,22-,23-,25-,28+/m0/s1. The highest BCUT2D eigenvalue weighted by atomic mass is 16.6. The zero-order valence-electron chi connectivity index (χ0n) is 21.6. The van der Waals surface area contributed by atoms with Crippen LogP contribution in [0.5, 0.6) is 0 Å². The summed E-state index contributed by atoms with van der Waals surface area (Å²) < 4.78 is 11.8. The minimum atomic E-state index is -1.23. The molecule has 2 N–H and O–H groups in total. The van der Waals surface area contributed by atoms with Gasteiger partial charge >= 0.3 is 5.97 Å². The number of ether oxygens (including phenoxy) is 2. The van der Waals surface area contributed by atoms with E-state index in [1.807, 2.05) is 38.1 Å². The fourth-order valence-corrected chi connectivity index (χ4v) is 5.06. The zero-order chi connectivity index (χ0) is 25.8. The van der Waals surface area contributed by atoms with Crippen LogP contribution in [-0.4, -0.2) is 57.0 Å². The lowest BCUT2D eigenvalue weighted by Crippen LogP contribution is -2.46. The number of hydrogen-bond acceptors (Lipinski definition) is 7. The van der Waals surface area contributed by atoms with Gasteiger partial charge < -0.3 is 19.7 Å². The minimum Gasteiger partial charge on any atom is -0.458 e. The monoisotopic (exact) mass is 487 g/mol. The van der Waals surface area contributed by atoms with Crippen molar-refractivity contribution in [2.75, 3.05) is 0 Å². The molecule has 1 aromatic rings. The number of nitrogens with zero attached hydrogens (tertiary/aromatic N) is 1. The van der Waals surface area contributed by atoms with E-state index in [4.69, 9.17) is 9.47 Å². The van der Waals surface area contributed by atoms with Gasteiger partial charge in [-0.05, 0) is 56.4 Å². The summed E-state index contributed by atoms with van der Waals surface area (Å²) in [5.74, 6) is -1.47. The van der Waals surface area contributed by atoms with Gasteiger partial charge in [0.2, 0.25) is 0 Å². The van der Waals surface area contributed by atoms with E-state index in [-0.39, 0.29) is 29.8 Å². The van der Waals surface area contributed by atoms with Crippen molar-refractivity contribution < 1.29 is 29.3 Å². The molecule has 0 saturated carbocycles. The fraction of sp³-hybridized carbons (Fsp3) is 0.679. The van der Waals surface area contributed by atoms with Gasteiger partial charge in [-0.3, -0.25) is 14.6 Å². The highest BCUT2D eigenvalue weighted by Crippen LogP contribution is 2.44. The number of aromatic nitrogens is 1. The van der Waals surface area contributed by atoms with E-state index in [1.54, 1.807) is 26.1 Å². The van der Waals surface area contributed by atoms with E-state index in [9.17, 15) is 19.8 Å². The Labute approximate surface area is 208 Å². The molecule has 2 fully saturated rings. The van der Waals surface area contributed by atoms with Gasteiger partial charge in [0.05, 0.1) is 41.4 Å². The third-order valence-electron chi connectivity index (χ3n) is 7.87. The smallest absolute Gasteiger partial charge is 0.309 e. The SMILES string of the molecule is CC[C@H]1C(=O)C(C)(C)[C@@H](O)CC(=O)O[C@H](C=Cc2ccccn2)C[C@@H]2O[C@]2(C)CCC[C@H](C)[C@@H]1O. The van der Waals surface area contributed by atoms with Crippen molar-refractivity contribution in [1.29, 1.82) is 0 Å². The van der Waals surface area contributed by atoms with E-state index >= 15 is 0 Å². The van der Waals surface area contributed by atoms with Crippen molar-refractivity contribution in [3.8, 4) is 0 Å². The largest absolute Gasteiger partial charge is 0.458 e. The number of cyclic esters (lactones) is 1. The molecule has 3 heterocycles. The number of Topliss-reactive ketones (excluding diaryl/α,β-unsaturated/α-hetero) is 1. The maximum atomic E-state index is 13.4. The average Bonchev–Trinajstić information content (AvgIpc) is 3.45. The Hall–Kier alpha value is -2.09. The molecule has 7 heteroatoms. The summed E-state index contributed by atoms with van der Waals surface area (Å²) in [4.78, 5) is 30.5. The van der Waals surface area contributed by atoms with Gasteiger partial charge in [-0.1, -0.05) is 40.2 Å². The van der Waals surface area contributed by atoms with Crippen LogP contribution in [0, 0.1) is 17.3 Å². The number of hydrogen-bond donors (Lipinski definition) is 2. The molecule has 0 bridgehead atoms. The van der Waals surface area contributed by atoms with Gasteiger partial charge in [0.15, 0.2) is 0 Å². The van der Waals surface area contributed by atoms with Gasteiger partial charge in [0.25, 0.3) is 0 Å². The summed E-state index contributed by atoms with van der Waals surface area (Å²) in [6, 6.07) is 5.58. The molecule has 7 atom stereocenters. The Morgan fingerprint density at radius 1 is 1.20 bits per heavy atom. The molecule has 2 aliphatic rings. The van der Waals surface area contributed by atoms with Gasteiger partial charge in [-0.15, -0.1) is 0 Å². The molecule has 7 nitrogen and oxygen atoms in total. The van der Waals surface area contributed by atoms with Crippen LogP contribution in [0.25, 0.3) is 6.08 Å². The lowest BCUT2D eigenvalue weighted by atomic mass is 9.71. The van der Waals surface area contributed by atoms with Crippen molar-refractivity contribution in [3.05, 3.63) is 36.2 Å². The third kappa shape index (κ3) is 6.78. The van der Waals surface area contributed by atoms with Crippen LogP contribution in [0.4, 0.5) is 0 Å². The Balaban J connectivity index is 1.83. The normalized spacial score (nSPS) is 37.0. The number of esters is 1. The average molecular weight is 488 g/mol. The highest BCUT2D eigenvalue weighted by molar-refractivity contribution is 5.88. The van der Waals surface area contributed by atoms with Crippen LogP contribution in [0.2, 0.25) is 0 Å². The van der Waals surface area contributed by atoms with Crippen LogP contribution >= 0.6 is 0 Å². The van der Waals surface area contributed by atoms with Crippen LogP contribution in [0.15, 0.2) is 30.5 Å². The van der Waals surface area contributed by atoms with Crippen molar-refractivity contribution in [1.82, 2.24) is 4.98 Å². The van der Waals surface area contributed by atoms with Gasteiger partial charge in [-0.25, -0.2) is 0 Å². The molecule has 0 spiro atoms. The van der Waals surface area contributed by atoms with Crippen LogP contribution in [0.3, 0.4) is 0 Å². The number of aliphatic hydroxyl groups excluding tert-OH is 2. The van der Waals surface area contributed by atoms with E-state index in [1.165, 1.54) is 0 Å². The Bertz CT molecular complexity index is 900. The number of aliphatic hydroxyl groups is 2. The second kappa shape index (κ2) is 11.3. The molecule has 0 aromatic carbocycles. The third-order valence-corrected chi connectivity index (χ3v) is 7.87. The molecule has 0 aliphatic carbocycles. The predicted molar refractivity (Wildman–Crippen MR) is 133 cm³/mol. The first-order valence-electron chi connectivity index (χ1n) is 12.8. The van der Waals surface area contributed by atoms with Gasteiger partial charge in [0.1, 0.15) is 11.9 Å². The number of carbonyl (C=O) groups excluding carboxylic acids is 2. The van der Waals surface area contributed by atoms with E-state index in [0.717, 1.165) is 25.0 Å². The lowest BCUT2D eigenvalue weighted by molar-refractivity contribution is -0.154. The summed E-state index contributed by atoms with van der Waals surface area (Å²) in [6.07, 6.45) is 5.82. The minimum absolute atomic E-state index is 0.0480.